The van der Waals surface area contributed by atoms with Gasteiger partial charge in [0.15, 0.2) is 11.5 Å². The monoisotopic (exact) mass is 453 g/mol. The van der Waals surface area contributed by atoms with Crippen molar-refractivity contribution in [1.82, 2.24) is 4.90 Å². The third kappa shape index (κ3) is 4.67. The molecular formula is C25H27NO5S. The van der Waals surface area contributed by atoms with Crippen LogP contribution in [-0.4, -0.2) is 45.3 Å². The molecular weight excluding hydrogens is 426 g/mol. The summed E-state index contributed by atoms with van der Waals surface area (Å²) >= 11 is 1.60. The Morgan fingerprint density at radius 1 is 1.00 bits per heavy atom. The van der Waals surface area contributed by atoms with E-state index in [0.29, 0.717) is 31.1 Å². The first-order chi connectivity index (χ1) is 15.6. The van der Waals surface area contributed by atoms with Crippen LogP contribution in [0.1, 0.15) is 22.0 Å². The second-order valence-corrected chi connectivity index (χ2v) is 8.53. The van der Waals surface area contributed by atoms with E-state index in [2.05, 4.69) is 0 Å². The number of fused-ring (bicyclic) bond motifs is 1. The molecule has 1 aliphatic rings. The van der Waals surface area contributed by atoms with Crippen LogP contribution in [0.5, 0.6) is 23.0 Å². The number of methoxy groups -OCH3 is 3. The normalized spacial score (nSPS) is 15.1. The quantitative estimate of drug-likeness (QED) is 0.502. The fourth-order valence-corrected chi connectivity index (χ4v) is 4.71. The van der Waals surface area contributed by atoms with Gasteiger partial charge in [0.2, 0.25) is 5.91 Å². The highest BCUT2D eigenvalue weighted by Gasteiger charge is 2.33. The van der Waals surface area contributed by atoms with E-state index < -0.39 is 0 Å². The van der Waals surface area contributed by atoms with Crippen molar-refractivity contribution in [2.45, 2.75) is 18.9 Å². The van der Waals surface area contributed by atoms with E-state index in [1.54, 1.807) is 32.7 Å². The van der Waals surface area contributed by atoms with Gasteiger partial charge in [-0.3, -0.25) is 4.79 Å². The van der Waals surface area contributed by atoms with Gasteiger partial charge in [0.1, 0.15) is 18.1 Å². The summed E-state index contributed by atoms with van der Waals surface area (Å²) in [4.78, 5) is 16.2. The summed E-state index contributed by atoms with van der Waals surface area (Å²) in [6, 6.07) is 15.2. The molecule has 0 unspecified atom stereocenters. The summed E-state index contributed by atoms with van der Waals surface area (Å²) in [7, 11) is 4.89. The average molecular weight is 454 g/mol. The highest BCUT2D eigenvalue weighted by Crippen LogP contribution is 2.38. The van der Waals surface area contributed by atoms with E-state index in [0.717, 1.165) is 33.9 Å². The minimum atomic E-state index is -0.229. The first-order valence-electron chi connectivity index (χ1n) is 10.5. The maximum Gasteiger partial charge on any atom is 0.228 e. The first kappa shape index (κ1) is 22.0. The van der Waals surface area contributed by atoms with Gasteiger partial charge in [-0.1, -0.05) is 6.07 Å². The topological polar surface area (TPSA) is 57.2 Å². The number of hydrogen-bond acceptors (Lipinski definition) is 6. The zero-order chi connectivity index (χ0) is 22.5. The van der Waals surface area contributed by atoms with Crippen molar-refractivity contribution in [1.29, 1.82) is 0 Å². The number of rotatable bonds is 8. The molecule has 6 nitrogen and oxygen atoms in total. The molecule has 0 aliphatic carbocycles. The Kier molecular flexibility index (Phi) is 6.85. The summed E-state index contributed by atoms with van der Waals surface area (Å²) in [6.45, 7) is 0.967. The van der Waals surface area contributed by atoms with Crippen LogP contribution in [0.2, 0.25) is 0 Å². The minimum absolute atomic E-state index is 0.0937. The number of thiophene rings is 1. The number of amides is 1. The number of ether oxygens (including phenoxy) is 4. The maximum absolute atomic E-state index is 13.3. The summed E-state index contributed by atoms with van der Waals surface area (Å²) < 4.78 is 22.4. The molecule has 2 aromatic carbocycles. The molecule has 0 N–H and O–H groups in total. The molecule has 1 atom stereocenters. The predicted octanol–water partition coefficient (Wildman–Crippen LogP) is 4.52. The number of hydrogen-bond donors (Lipinski definition) is 0. The van der Waals surface area contributed by atoms with Gasteiger partial charge in [-0.15, -0.1) is 11.3 Å². The standard InChI is InChI=1S/C25H27NO5S/c1-28-18-6-8-19(9-7-18)31-16-22-21-15-24(30-3)23(29-2)13-17(21)10-11-26(22)25(27)14-20-5-4-12-32-20/h4-9,12-13,15,22H,10-11,14,16H2,1-3H3/t22-/m0/s1. The largest absolute Gasteiger partial charge is 0.497 e. The fraction of sp³-hybridized carbons (Fsp3) is 0.320. The van der Waals surface area contributed by atoms with Gasteiger partial charge in [0, 0.05) is 11.4 Å². The lowest BCUT2D eigenvalue weighted by molar-refractivity contribution is -0.134. The van der Waals surface area contributed by atoms with Crippen molar-refractivity contribution in [3.05, 3.63) is 69.9 Å². The van der Waals surface area contributed by atoms with Crippen molar-refractivity contribution in [2.24, 2.45) is 0 Å². The second kappa shape index (κ2) is 9.96. The van der Waals surface area contributed by atoms with Crippen LogP contribution in [0.4, 0.5) is 0 Å². The van der Waals surface area contributed by atoms with Crippen LogP contribution in [0, 0.1) is 0 Å². The number of carbonyl (C=O) groups is 1. The van der Waals surface area contributed by atoms with Gasteiger partial charge in [-0.25, -0.2) is 0 Å². The van der Waals surface area contributed by atoms with E-state index in [4.69, 9.17) is 18.9 Å². The van der Waals surface area contributed by atoms with E-state index >= 15 is 0 Å². The lowest BCUT2D eigenvalue weighted by Crippen LogP contribution is -2.43. The molecule has 1 amide bonds. The maximum atomic E-state index is 13.3. The molecule has 7 heteroatoms. The Labute approximate surface area is 192 Å². The summed E-state index contributed by atoms with van der Waals surface area (Å²) in [6.07, 6.45) is 1.14. The van der Waals surface area contributed by atoms with E-state index in [1.807, 2.05) is 58.8 Å². The predicted molar refractivity (Wildman–Crippen MR) is 124 cm³/mol. The highest BCUT2D eigenvalue weighted by molar-refractivity contribution is 7.10. The molecule has 4 rings (SSSR count). The molecule has 0 bridgehead atoms. The van der Waals surface area contributed by atoms with Crippen molar-refractivity contribution in [3.8, 4) is 23.0 Å². The van der Waals surface area contributed by atoms with Crippen LogP contribution >= 0.6 is 11.3 Å². The molecule has 0 saturated heterocycles. The molecule has 0 fully saturated rings. The fourth-order valence-electron chi connectivity index (χ4n) is 4.02. The van der Waals surface area contributed by atoms with Crippen molar-refractivity contribution in [3.63, 3.8) is 0 Å². The Bertz CT molecular complexity index is 1050. The van der Waals surface area contributed by atoms with Gasteiger partial charge in [-0.2, -0.15) is 0 Å². The Morgan fingerprint density at radius 2 is 1.72 bits per heavy atom. The van der Waals surface area contributed by atoms with Crippen LogP contribution in [0.25, 0.3) is 0 Å². The Hall–Kier alpha value is -3.19. The molecule has 32 heavy (non-hydrogen) atoms. The van der Waals surface area contributed by atoms with Gasteiger partial charge in [0.05, 0.1) is 33.8 Å². The second-order valence-electron chi connectivity index (χ2n) is 7.50. The van der Waals surface area contributed by atoms with Gasteiger partial charge >= 0.3 is 0 Å². The number of carbonyl (C=O) groups excluding carboxylic acids is 1. The van der Waals surface area contributed by atoms with Crippen molar-refractivity contribution >= 4 is 17.2 Å². The zero-order valence-corrected chi connectivity index (χ0v) is 19.3. The molecule has 0 saturated carbocycles. The lowest BCUT2D eigenvalue weighted by atomic mass is 9.91. The number of nitrogens with zero attached hydrogens (tertiary/aromatic N) is 1. The van der Waals surface area contributed by atoms with Crippen molar-refractivity contribution in [2.75, 3.05) is 34.5 Å². The van der Waals surface area contributed by atoms with E-state index in [1.165, 1.54) is 0 Å². The third-order valence-corrected chi connectivity index (χ3v) is 6.57. The summed E-state index contributed by atoms with van der Waals surface area (Å²) in [5.41, 5.74) is 2.17. The molecule has 1 aromatic heterocycles. The summed E-state index contributed by atoms with van der Waals surface area (Å²) in [5.74, 6) is 2.93. The third-order valence-electron chi connectivity index (χ3n) is 5.70. The molecule has 2 heterocycles. The molecule has 0 radical (unpaired) electrons. The van der Waals surface area contributed by atoms with Crippen LogP contribution in [-0.2, 0) is 17.6 Å². The van der Waals surface area contributed by atoms with Crippen LogP contribution in [0.3, 0.4) is 0 Å². The van der Waals surface area contributed by atoms with Gasteiger partial charge in [-0.05, 0) is 65.4 Å². The molecule has 168 valence electrons. The molecule has 3 aromatic rings. The zero-order valence-electron chi connectivity index (χ0n) is 18.5. The van der Waals surface area contributed by atoms with Crippen LogP contribution in [0.15, 0.2) is 53.9 Å². The molecule has 1 aliphatic heterocycles. The first-order valence-corrected chi connectivity index (χ1v) is 11.3. The van der Waals surface area contributed by atoms with E-state index in [9.17, 15) is 4.79 Å². The molecule has 0 spiro atoms. The Balaban J connectivity index is 1.63. The number of benzene rings is 2. The summed E-state index contributed by atoms with van der Waals surface area (Å²) in [5, 5.41) is 2.00. The van der Waals surface area contributed by atoms with Crippen molar-refractivity contribution < 1.29 is 23.7 Å². The Morgan fingerprint density at radius 3 is 2.38 bits per heavy atom. The van der Waals surface area contributed by atoms with Crippen LogP contribution < -0.4 is 18.9 Å². The lowest BCUT2D eigenvalue weighted by Gasteiger charge is -2.37. The van der Waals surface area contributed by atoms with Gasteiger partial charge < -0.3 is 23.8 Å². The van der Waals surface area contributed by atoms with E-state index in [-0.39, 0.29) is 11.9 Å². The van der Waals surface area contributed by atoms with Gasteiger partial charge in [0.25, 0.3) is 0 Å². The smallest absolute Gasteiger partial charge is 0.228 e. The SMILES string of the molecule is COc1ccc(OC[C@H]2c3cc(OC)c(OC)cc3CCN2C(=O)Cc2cccs2)cc1. The highest BCUT2D eigenvalue weighted by atomic mass is 32.1. The average Bonchev–Trinajstić information content (AvgIpc) is 3.34. The minimum Gasteiger partial charge on any atom is -0.497 e.